The van der Waals surface area contributed by atoms with E-state index >= 15 is 0 Å². The van der Waals surface area contributed by atoms with E-state index in [2.05, 4.69) is 0 Å². The van der Waals surface area contributed by atoms with E-state index in [9.17, 15) is 4.79 Å². The number of carbonyl (C=O) groups excluding carboxylic acids is 1. The minimum absolute atomic E-state index is 0.0237. The Kier molecular flexibility index (Phi) is 2.19. The molecule has 0 aliphatic heterocycles. The van der Waals surface area contributed by atoms with Crippen LogP contribution >= 0.6 is 11.3 Å². The van der Waals surface area contributed by atoms with E-state index in [1.165, 1.54) is 11.3 Å². The van der Waals surface area contributed by atoms with E-state index in [1.807, 2.05) is 35.7 Å². The largest absolute Gasteiger partial charge is 0.434 e. The summed E-state index contributed by atoms with van der Waals surface area (Å²) in [4.78, 5) is 12.4. The van der Waals surface area contributed by atoms with Gasteiger partial charge in [-0.1, -0.05) is 12.1 Å². The summed E-state index contributed by atoms with van der Waals surface area (Å²) < 4.78 is 1.58. The van der Waals surface area contributed by atoms with Gasteiger partial charge in [-0.3, -0.25) is 0 Å². The quantitative estimate of drug-likeness (QED) is 0.627. The predicted octanol–water partition coefficient (Wildman–Crippen LogP) is 1.72. The van der Waals surface area contributed by atoms with Crippen molar-refractivity contribution in [3.05, 3.63) is 53.0 Å². The molecule has 0 unspecified atom stereocenters. The SMILES string of the molecule is O=C(c1cccs1)[n+]1ccccc1. The van der Waals surface area contributed by atoms with Gasteiger partial charge < -0.3 is 0 Å². The Bertz CT molecular complexity index is 394. The molecule has 0 saturated heterocycles. The molecule has 3 heteroatoms. The Morgan fingerprint density at radius 1 is 1.15 bits per heavy atom. The molecule has 0 atom stereocenters. The van der Waals surface area contributed by atoms with Gasteiger partial charge in [0.1, 0.15) is 4.88 Å². The lowest BCUT2D eigenvalue weighted by atomic mass is 10.4. The van der Waals surface area contributed by atoms with Gasteiger partial charge in [0.15, 0.2) is 12.4 Å². The standard InChI is InChI=1S/C10H8NOS/c12-10(9-5-4-8-13-9)11-6-2-1-3-7-11/h1-8H/q+1. The van der Waals surface area contributed by atoms with Crippen LogP contribution in [0.4, 0.5) is 0 Å². The molecular weight excluding hydrogens is 182 g/mol. The number of carbonyl (C=O) groups is 1. The highest BCUT2D eigenvalue weighted by Gasteiger charge is 2.16. The number of thiophene rings is 1. The molecule has 0 bridgehead atoms. The first-order valence-corrected chi connectivity index (χ1v) is 4.80. The third kappa shape index (κ3) is 1.65. The summed E-state index contributed by atoms with van der Waals surface area (Å²) in [7, 11) is 0. The van der Waals surface area contributed by atoms with Crippen LogP contribution in [0.3, 0.4) is 0 Å². The van der Waals surface area contributed by atoms with Crippen LogP contribution < -0.4 is 4.57 Å². The van der Waals surface area contributed by atoms with Crippen LogP contribution in [0.25, 0.3) is 0 Å². The van der Waals surface area contributed by atoms with Gasteiger partial charge in [-0.25, -0.2) is 4.79 Å². The Balaban J connectivity index is 2.34. The molecule has 0 N–H and O–H groups in total. The van der Waals surface area contributed by atoms with E-state index in [4.69, 9.17) is 0 Å². The predicted molar refractivity (Wildman–Crippen MR) is 50.7 cm³/mol. The zero-order chi connectivity index (χ0) is 9.10. The molecule has 0 radical (unpaired) electrons. The van der Waals surface area contributed by atoms with E-state index in [0.717, 1.165) is 4.88 Å². The summed E-state index contributed by atoms with van der Waals surface area (Å²) in [5.41, 5.74) is 0. The number of nitrogens with zero attached hydrogens (tertiary/aromatic N) is 1. The van der Waals surface area contributed by atoms with Crippen molar-refractivity contribution < 1.29 is 9.36 Å². The number of hydrogen-bond acceptors (Lipinski definition) is 2. The fourth-order valence-corrected chi connectivity index (χ4v) is 1.73. The van der Waals surface area contributed by atoms with Crippen LogP contribution in [0, 0.1) is 0 Å². The first-order valence-electron chi connectivity index (χ1n) is 3.92. The molecule has 64 valence electrons. The second-order valence-corrected chi connectivity index (χ2v) is 3.51. The summed E-state index contributed by atoms with van der Waals surface area (Å²) in [6.45, 7) is 0. The van der Waals surface area contributed by atoms with Gasteiger partial charge in [-0.15, -0.1) is 15.9 Å². The second-order valence-electron chi connectivity index (χ2n) is 2.57. The molecular formula is C10H8NOS+. The minimum Gasteiger partial charge on any atom is -0.213 e. The molecule has 2 nitrogen and oxygen atoms in total. The van der Waals surface area contributed by atoms with Gasteiger partial charge in [0.2, 0.25) is 0 Å². The van der Waals surface area contributed by atoms with Crippen LogP contribution in [-0.2, 0) is 0 Å². The zero-order valence-electron chi connectivity index (χ0n) is 6.88. The average molecular weight is 190 g/mol. The molecule has 0 aliphatic rings. The lowest BCUT2D eigenvalue weighted by Crippen LogP contribution is -2.41. The van der Waals surface area contributed by atoms with E-state index in [0.29, 0.717) is 0 Å². The lowest BCUT2D eigenvalue weighted by molar-refractivity contribution is -0.570. The highest BCUT2D eigenvalue weighted by Crippen LogP contribution is 2.07. The van der Waals surface area contributed by atoms with Gasteiger partial charge >= 0.3 is 5.91 Å². The van der Waals surface area contributed by atoms with Crippen molar-refractivity contribution in [2.75, 3.05) is 0 Å². The third-order valence-corrected chi connectivity index (χ3v) is 2.54. The van der Waals surface area contributed by atoms with E-state index < -0.39 is 0 Å². The summed E-state index contributed by atoms with van der Waals surface area (Å²) in [6, 6.07) is 9.27. The summed E-state index contributed by atoms with van der Waals surface area (Å²) in [5, 5.41) is 1.90. The van der Waals surface area contributed by atoms with Crippen LogP contribution in [0.5, 0.6) is 0 Å². The van der Waals surface area contributed by atoms with Crippen molar-refractivity contribution >= 4 is 17.2 Å². The first-order chi connectivity index (χ1) is 6.38. The van der Waals surface area contributed by atoms with Crippen LogP contribution in [0.15, 0.2) is 48.1 Å². The lowest BCUT2D eigenvalue weighted by Gasteiger charge is -1.88. The highest BCUT2D eigenvalue weighted by atomic mass is 32.1. The van der Waals surface area contributed by atoms with Gasteiger partial charge in [-0.2, -0.15) is 0 Å². The summed E-state index contributed by atoms with van der Waals surface area (Å²) >= 11 is 1.46. The Hall–Kier alpha value is -1.48. The monoisotopic (exact) mass is 190 g/mol. The van der Waals surface area contributed by atoms with E-state index in [-0.39, 0.29) is 5.91 Å². The van der Waals surface area contributed by atoms with Crippen LogP contribution in [0.2, 0.25) is 0 Å². The van der Waals surface area contributed by atoms with Crippen LogP contribution in [0.1, 0.15) is 9.67 Å². The molecule has 2 rings (SSSR count). The Morgan fingerprint density at radius 2 is 1.92 bits per heavy atom. The molecule has 0 aliphatic carbocycles. The zero-order valence-corrected chi connectivity index (χ0v) is 7.70. The number of rotatable bonds is 1. The van der Waals surface area contributed by atoms with Gasteiger partial charge in [0.05, 0.1) is 0 Å². The van der Waals surface area contributed by atoms with Gasteiger partial charge in [-0.05, 0) is 11.4 Å². The first kappa shape index (κ1) is 8.13. The molecule has 2 heterocycles. The smallest absolute Gasteiger partial charge is 0.213 e. The minimum atomic E-state index is 0.0237. The maximum absolute atomic E-state index is 11.7. The van der Waals surface area contributed by atoms with Crippen LogP contribution in [-0.4, -0.2) is 5.91 Å². The number of hydrogen-bond donors (Lipinski definition) is 0. The van der Waals surface area contributed by atoms with Crippen molar-refractivity contribution in [3.63, 3.8) is 0 Å². The Labute approximate surface area is 80.1 Å². The topological polar surface area (TPSA) is 20.9 Å². The van der Waals surface area contributed by atoms with Crippen molar-refractivity contribution in [1.29, 1.82) is 0 Å². The fraction of sp³-hybridized carbons (Fsp3) is 0. The molecule has 0 aromatic carbocycles. The molecule has 0 fully saturated rings. The summed E-state index contributed by atoms with van der Waals surface area (Å²) in [6.07, 6.45) is 3.50. The molecule has 2 aromatic heterocycles. The normalized spacial score (nSPS) is 9.85. The third-order valence-electron chi connectivity index (χ3n) is 1.68. The summed E-state index contributed by atoms with van der Waals surface area (Å²) in [5.74, 6) is 0.0237. The maximum atomic E-state index is 11.7. The second kappa shape index (κ2) is 3.49. The van der Waals surface area contributed by atoms with Crippen molar-refractivity contribution in [2.24, 2.45) is 0 Å². The molecule has 0 amide bonds. The van der Waals surface area contributed by atoms with Gasteiger partial charge in [0.25, 0.3) is 0 Å². The Morgan fingerprint density at radius 3 is 2.54 bits per heavy atom. The van der Waals surface area contributed by atoms with Gasteiger partial charge in [0, 0.05) is 12.1 Å². The fourth-order valence-electron chi connectivity index (χ4n) is 1.06. The highest BCUT2D eigenvalue weighted by molar-refractivity contribution is 7.11. The number of aromatic nitrogens is 1. The van der Waals surface area contributed by atoms with Crippen molar-refractivity contribution in [3.8, 4) is 0 Å². The maximum Gasteiger partial charge on any atom is 0.434 e. The van der Waals surface area contributed by atoms with Crippen molar-refractivity contribution in [1.82, 2.24) is 0 Å². The van der Waals surface area contributed by atoms with E-state index in [1.54, 1.807) is 17.0 Å². The molecule has 0 saturated carbocycles. The average Bonchev–Trinajstić information content (AvgIpc) is 2.71. The van der Waals surface area contributed by atoms with Crippen molar-refractivity contribution in [2.45, 2.75) is 0 Å². The molecule has 2 aromatic rings. The molecule has 13 heavy (non-hydrogen) atoms. The number of pyridine rings is 1. The molecule has 0 spiro atoms.